The molecule has 2 rings (SSSR count). The number of carbonyl (C=O) groups excluding carboxylic acids is 1. The molecule has 6 heteroatoms. The van der Waals surface area contributed by atoms with E-state index in [0.717, 1.165) is 11.3 Å². The Kier molecular flexibility index (Phi) is 4.47. The number of nitrogens with one attached hydrogen (secondary N) is 1. The monoisotopic (exact) mass is 288 g/mol. The number of hydrogen-bond acceptors (Lipinski definition) is 4. The van der Waals surface area contributed by atoms with Gasteiger partial charge in [-0.15, -0.1) is 0 Å². The minimum atomic E-state index is -0.214. The quantitative estimate of drug-likeness (QED) is 0.819. The van der Waals surface area contributed by atoms with Gasteiger partial charge in [0.2, 0.25) is 0 Å². The third-order valence-corrected chi connectivity index (χ3v) is 3.13. The molecule has 3 N–H and O–H groups in total. The highest BCUT2D eigenvalue weighted by Crippen LogP contribution is 2.26. The highest BCUT2D eigenvalue weighted by molar-refractivity contribution is 5.98. The van der Waals surface area contributed by atoms with Gasteiger partial charge in [-0.05, 0) is 26.0 Å². The summed E-state index contributed by atoms with van der Waals surface area (Å²) < 4.78 is 7.19. The molecule has 0 unspecified atom stereocenters. The first-order chi connectivity index (χ1) is 10.0. The van der Waals surface area contributed by atoms with Gasteiger partial charge in [0.1, 0.15) is 0 Å². The Morgan fingerprint density at radius 1 is 1.48 bits per heavy atom. The van der Waals surface area contributed by atoms with Crippen molar-refractivity contribution in [2.45, 2.75) is 20.4 Å². The zero-order valence-corrected chi connectivity index (χ0v) is 12.5. The maximum absolute atomic E-state index is 12.3. The van der Waals surface area contributed by atoms with Gasteiger partial charge < -0.3 is 15.8 Å². The van der Waals surface area contributed by atoms with E-state index in [-0.39, 0.29) is 5.91 Å². The van der Waals surface area contributed by atoms with Crippen LogP contribution in [-0.2, 0) is 13.6 Å². The minimum Gasteiger partial charge on any atom is -0.491 e. The molecule has 0 aliphatic heterocycles. The number of nitrogen functional groups attached to an aromatic ring is 1. The van der Waals surface area contributed by atoms with Crippen LogP contribution >= 0.6 is 0 Å². The van der Waals surface area contributed by atoms with Crippen LogP contribution in [-0.4, -0.2) is 22.3 Å². The molecule has 0 saturated carbocycles. The molecule has 1 heterocycles. The van der Waals surface area contributed by atoms with Gasteiger partial charge >= 0.3 is 0 Å². The molecule has 0 fully saturated rings. The number of ether oxygens (including phenoxy) is 1. The number of para-hydroxylation sites is 1. The van der Waals surface area contributed by atoms with Gasteiger partial charge in [0.25, 0.3) is 5.91 Å². The number of rotatable bonds is 5. The third-order valence-electron chi connectivity index (χ3n) is 3.13. The number of aromatic nitrogens is 2. The highest BCUT2D eigenvalue weighted by Gasteiger charge is 2.15. The largest absolute Gasteiger partial charge is 0.491 e. The van der Waals surface area contributed by atoms with Gasteiger partial charge in [0.05, 0.1) is 23.6 Å². The van der Waals surface area contributed by atoms with E-state index in [1.807, 2.05) is 27.1 Å². The van der Waals surface area contributed by atoms with E-state index in [1.54, 1.807) is 22.9 Å². The van der Waals surface area contributed by atoms with E-state index < -0.39 is 0 Å². The van der Waals surface area contributed by atoms with E-state index in [0.29, 0.717) is 30.2 Å². The maximum atomic E-state index is 12.3. The lowest BCUT2D eigenvalue weighted by atomic mass is 10.1. The van der Waals surface area contributed by atoms with Gasteiger partial charge in [0, 0.05) is 25.4 Å². The van der Waals surface area contributed by atoms with Crippen LogP contribution in [0.25, 0.3) is 0 Å². The van der Waals surface area contributed by atoms with Crippen molar-refractivity contribution in [2.24, 2.45) is 7.05 Å². The number of nitrogens with zero attached hydrogens (tertiary/aromatic N) is 2. The van der Waals surface area contributed by atoms with Crippen LogP contribution in [0, 0.1) is 6.92 Å². The molecule has 1 aromatic carbocycles. The standard InChI is InChI=1S/C15H20N4O2/c1-4-21-14-12(6-5-7-13(14)16)15(20)17-8-11-9-19(3)18-10(11)2/h5-7,9H,4,8,16H2,1-3H3,(H,17,20). The molecule has 0 saturated heterocycles. The fourth-order valence-corrected chi connectivity index (χ4v) is 2.13. The summed E-state index contributed by atoms with van der Waals surface area (Å²) in [6.07, 6.45) is 1.89. The Balaban J connectivity index is 2.13. The average Bonchev–Trinajstić information content (AvgIpc) is 2.76. The van der Waals surface area contributed by atoms with E-state index in [2.05, 4.69) is 10.4 Å². The van der Waals surface area contributed by atoms with Gasteiger partial charge in [-0.1, -0.05) is 6.07 Å². The Labute approximate surface area is 123 Å². The number of hydrogen-bond donors (Lipinski definition) is 2. The number of aryl methyl sites for hydroxylation is 2. The summed E-state index contributed by atoms with van der Waals surface area (Å²) in [5.41, 5.74) is 8.64. The van der Waals surface area contributed by atoms with E-state index >= 15 is 0 Å². The molecule has 6 nitrogen and oxygen atoms in total. The zero-order chi connectivity index (χ0) is 15.4. The molecule has 0 aliphatic rings. The maximum Gasteiger partial charge on any atom is 0.255 e. The van der Waals surface area contributed by atoms with Crippen molar-refractivity contribution in [2.75, 3.05) is 12.3 Å². The van der Waals surface area contributed by atoms with Crippen LogP contribution < -0.4 is 15.8 Å². The Hall–Kier alpha value is -2.50. The molecule has 2 aromatic rings. The van der Waals surface area contributed by atoms with Crippen molar-refractivity contribution >= 4 is 11.6 Å². The first-order valence-corrected chi connectivity index (χ1v) is 6.81. The number of amides is 1. The van der Waals surface area contributed by atoms with Gasteiger partial charge in [0.15, 0.2) is 5.75 Å². The predicted molar refractivity (Wildman–Crippen MR) is 81.1 cm³/mol. The van der Waals surface area contributed by atoms with Crippen LogP contribution in [0.2, 0.25) is 0 Å². The molecular weight excluding hydrogens is 268 g/mol. The lowest BCUT2D eigenvalue weighted by molar-refractivity contribution is 0.0947. The first kappa shape index (κ1) is 14.9. The molecule has 1 aromatic heterocycles. The molecule has 0 spiro atoms. The summed E-state index contributed by atoms with van der Waals surface area (Å²) >= 11 is 0. The Bertz CT molecular complexity index is 649. The number of nitrogens with two attached hydrogens (primary N) is 1. The molecule has 112 valence electrons. The second-order valence-electron chi connectivity index (χ2n) is 4.75. The number of benzene rings is 1. The first-order valence-electron chi connectivity index (χ1n) is 6.81. The van der Waals surface area contributed by atoms with Gasteiger partial charge in [-0.25, -0.2) is 0 Å². The topological polar surface area (TPSA) is 82.2 Å². The fourth-order valence-electron chi connectivity index (χ4n) is 2.13. The van der Waals surface area contributed by atoms with Crippen molar-refractivity contribution in [1.82, 2.24) is 15.1 Å². The lowest BCUT2D eigenvalue weighted by Crippen LogP contribution is -2.24. The van der Waals surface area contributed by atoms with E-state index in [4.69, 9.17) is 10.5 Å². The van der Waals surface area contributed by atoms with Crippen LogP contribution in [0.15, 0.2) is 24.4 Å². The van der Waals surface area contributed by atoms with Crippen molar-refractivity contribution in [3.8, 4) is 5.75 Å². The van der Waals surface area contributed by atoms with Crippen molar-refractivity contribution < 1.29 is 9.53 Å². The van der Waals surface area contributed by atoms with Crippen LogP contribution in [0.3, 0.4) is 0 Å². The number of carbonyl (C=O) groups is 1. The summed E-state index contributed by atoms with van der Waals surface area (Å²) in [5, 5.41) is 7.11. The van der Waals surface area contributed by atoms with Crippen molar-refractivity contribution in [3.63, 3.8) is 0 Å². The fraction of sp³-hybridized carbons (Fsp3) is 0.333. The molecule has 0 aliphatic carbocycles. The summed E-state index contributed by atoms with van der Waals surface area (Å²) in [4.78, 5) is 12.3. The lowest BCUT2D eigenvalue weighted by Gasteiger charge is -2.12. The zero-order valence-electron chi connectivity index (χ0n) is 12.5. The summed E-state index contributed by atoms with van der Waals surface area (Å²) in [7, 11) is 1.85. The predicted octanol–water partition coefficient (Wildman–Crippen LogP) is 1.64. The summed E-state index contributed by atoms with van der Waals surface area (Å²) in [6, 6.07) is 5.15. The van der Waals surface area contributed by atoms with Crippen LogP contribution in [0.5, 0.6) is 5.75 Å². The van der Waals surface area contributed by atoms with Gasteiger partial charge in [-0.2, -0.15) is 5.10 Å². The van der Waals surface area contributed by atoms with Crippen LogP contribution in [0.1, 0.15) is 28.5 Å². The second-order valence-corrected chi connectivity index (χ2v) is 4.75. The van der Waals surface area contributed by atoms with Gasteiger partial charge in [-0.3, -0.25) is 9.48 Å². The van der Waals surface area contributed by atoms with E-state index in [1.165, 1.54) is 0 Å². The molecule has 1 amide bonds. The van der Waals surface area contributed by atoms with Crippen molar-refractivity contribution in [1.29, 1.82) is 0 Å². The minimum absolute atomic E-state index is 0.214. The molecule has 21 heavy (non-hydrogen) atoms. The van der Waals surface area contributed by atoms with Crippen LogP contribution in [0.4, 0.5) is 5.69 Å². The van der Waals surface area contributed by atoms with E-state index in [9.17, 15) is 4.79 Å². The highest BCUT2D eigenvalue weighted by atomic mass is 16.5. The molecule has 0 atom stereocenters. The molecule has 0 radical (unpaired) electrons. The van der Waals surface area contributed by atoms with Crippen molar-refractivity contribution in [3.05, 3.63) is 41.2 Å². The summed E-state index contributed by atoms with van der Waals surface area (Å²) in [5.74, 6) is 0.217. The normalized spacial score (nSPS) is 10.4. The number of anilines is 1. The Morgan fingerprint density at radius 3 is 2.86 bits per heavy atom. The molecule has 0 bridgehead atoms. The summed E-state index contributed by atoms with van der Waals surface area (Å²) in [6.45, 7) is 4.63. The molecular formula is C15H20N4O2. The average molecular weight is 288 g/mol. The smallest absolute Gasteiger partial charge is 0.255 e. The SMILES string of the molecule is CCOc1c(N)cccc1C(=O)NCc1cn(C)nc1C. The second kappa shape index (κ2) is 6.30. The third kappa shape index (κ3) is 3.34. The Morgan fingerprint density at radius 2 is 2.24 bits per heavy atom.